The number of benzene rings is 2. The first-order chi connectivity index (χ1) is 18.1. The number of nitrogens with one attached hydrogen (secondary N) is 2. The Morgan fingerprint density at radius 2 is 1.77 bits per heavy atom. The molecule has 39 heavy (non-hydrogen) atoms. The van der Waals surface area contributed by atoms with E-state index >= 15 is 0 Å². The first-order valence-electron chi connectivity index (χ1n) is 11.9. The first kappa shape index (κ1) is 29.0. The summed E-state index contributed by atoms with van der Waals surface area (Å²) < 4.78 is 0. The number of aromatic nitrogens is 3. The molecule has 0 radical (unpaired) electrons. The average molecular weight is 558 g/mol. The summed E-state index contributed by atoms with van der Waals surface area (Å²) in [6.07, 6.45) is 3.02. The highest BCUT2D eigenvalue weighted by atomic mass is 35.5. The molecule has 1 aliphatic heterocycles. The van der Waals surface area contributed by atoms with E-state index in [0.29, 0.717) is 17.9 Å². The van der Waals surface area contributed by atoms with Crippen molar-refractivity contribution in [3.8, 4) is 5.75 Å². The van der Waals surface area contributed by atoms with E-state index in [1.165, 1.54) is 0 Å². The second-order valence-electron chi connectivity index (χ2n) is 9.11. The molecule has 1 aromatic heterocycles. The van der Waals surface area contributed by atoms with Crippen molar-refractivity contribution in [1.82, 2.24) is 15.0 Å². The molecule has 0 spiro atoms. The normalized spacial score (nSPS) is 13.7. The molecular weight excluding hydrogens is 530 g/mol. The highest BCUT2D eigenvalue weighted by Gasteiger charge is 2.23. The van der Waals surface area contributed by atoms with Crippen LogP contribution in [-0.2, 0) is 0 Å². The highest BCUT2D eigenvalue weighted by molar-refractivity contribution is 5.87. The van der Waals surface area contributed by atoms with Gasteiger partial charge >= 0.3 is 5.69 Å². The molecule has 0 amide bonds. The molecule has 1 aliphatic rings. The molecule has 2 heterocycles. The Kier molecular flexibility index (Phi) is 9.14. The van der Waals surface area contributed by atoms with Gasteiger partial charge in [-0.15, -0.1) is 12.4 Å². The second-order valence-corrected chi connectivity index (χ2v) is 9.11. The van der Waals surface area contributed by atoms with Gasteiger partial charge in [0.05, 0.1) is 27.7 Å². The number of aromatic hydroxyl groups is 1. The van der Waals surface area contributed by atoms with Crippen LogP contribution in [0.4, 0.5) is 34.9 Å². The monoisotopic (exact) mass is 557 g/mol. The standard InChI is InChI=1S/C24H27N9O5.ClH/c1-14-7-9-31(10-8-14)24-28-22(26-19-6-4-5-15(2)16(19)3)27-23(29-24)30-25-13-17-11-18(32(35)36)12-20(21(17)34)33(37)38;/h4-6,11-14,34H,7-10H2,1-3H3,(H2,26,27,28,29,30);1H/b25-13+;. The summed E-state index contributed by atoms with van der Waals surface area (Å²) in [5, 5.41) is 39.8. The van der Waals surface area contributed by atoms with Crippen molar-refractivity contribution < 1.29 is 15.0 Å². The molecule has 14 nitrogen and oxygen atoms in total. The Labute approximate surface area is 229 Å². The molecule has 0 saturated carbocycles. The third kappa shape index (κ3) is 6.84. The van der Waals surface area contributed by atoms with Crippen molar-refractivity contribution in [3.63, 3.8) is 0 Å². The van der Waals surface area contributed by atoms with Crippen LogP contribution in [0.2, 0.25) is 0 Å². The van der Waals surface area contributed by atoms with E-state index in [1.54, 1.807) is 0 Å². The topological polar surface area (TPSA) is 185 Å². The molecule has 15 heteroatoms. The molecule has 1 saturated heterocycles. The minimum absolute atomic E-state index is 0. The lowest BCUT2D eigenvalue weighted by atomic mass is 10.00. The second kappa shape index (κ2) is 12.3. The van der Waals surface area contributed by atoms with Gasteiger partial charge in [-0.05, 0) is 49.8 Å². The van der Waals surface area contributed by atoms with Crippen LogP contribution in [-0.4, -0.2) is 49.2 Å². The summed E-state index contributed by atoms with van der Waals surface area (Å²) in [5.41, 5.74) is 4.04. The molecule has 1 fully saturated rings. The number of anilines is 4. The molecule has 0 bridgehead atoms. The van der Waals surface area contributed by atoms with Crippen LogP contribution in [0, 0.1) is 40.0 Å². The van der Waals surface area contributed by atoms with Gasteiger partial charge < -0.3 is 15.3 Å². The number of non-ortho nitro benzene ring substituents is 1. The highest BCUT2D eigenvalue weighted by Crippen LogP contribution is 2.33. The van der Waals surface area contributed by atoms with Crippen molar-refractivity contribution in [1.29, 1.82) is 0 Å². The lowest BCUT2D eigenvalue weighted by molar-refractivity contribution is -0.394. The van der Waals surface area contributed by atoms with Crippen LogP contribution in [0.25, 0.3) is 0 Å². The van der Waals surface area contributed by atoms with Crippen LogP contribution in [0.15, 0.2) is 35.4 Å². The SMILES string of the molecule is Cc1cccc(Nc2nc(N/N=C/c3cc([N+](=O)[O-])cc([N+](=O)[O-])c3O)nc(N3CCC(C)CC3)n2)c1C.Cl. The van der Waals surface area contributed by atoms with Gasteiger partial charge in [0.15, 0.2) is 0 Å². The molecule has 3 aromatic rings. The Morgan fingerprint density at radius 1 is 1.08 bits per heavy atom. The van der Waals surface area contributed by atoms with Crippen molar-refractivity contribution >= 4 is 53.5 Å². The molecular formula is C24H28ClN9O5. The van der Waals surface area contributed by atoms with Crippen LogP contribution in [0.5, 0.6) is 5.75 Å². The zero-order valence-corrected chi connectivity index (χ0v) is 22.3. The summed E-state index contributed by atoms with van der Waals surface area (Å²) in [5.74, 6) is 0.675. The summed E-state index contributed by atoms with van der Waals surface area (Å²) >= 11 is 0. The number of hydrogen-bond acceptors (Lipinski definition) is 12. The quantitative estimate of drug-likeness (QED) is 0.195. The number of phenolic OH excluding ortho intramolecular Hbond substituents is 1. The zero-order valence-electron chi connectivity index (χ0n) is 21.5. The van der Waals surface area contributed by atoms with E-state index in [-0.39, 0.29) is 29.9 Å². The van der Waals surface area contributed by atoms with E-state index in [2.05, 4.69) is 42.6 Å². The summed E-state index contributed by atoms with van der Waals surface area (Å²) in [6, 6.07) is 7.51. The number of hydrogen-bond donors (Lipinski definition) is 3. The fourth-order valence-electron chi connectivity index (χ4n) is 3.96. The van der Waals surface area contributed by atoms with Crippen molar-refractivity contribution in [2.45, 2.75) is 33.6 Å². The number of aryl methyl sites for hydroxylation is 1. The smallest absolute Gasteiger partial charge is 0.318 e. The van der Waals surface area contributed by atoms with Crippen LogP contribution in [0.3, 0.4) is 0 Å². The maximum absolute atomic E-state index is 11.2. The fraction of sp³-hybridized carbons (Fsp3) is 0.333. The number of nitro benzene ring substituents is 2. The van der Waals surface area contributed by atoms with Crippen LogP contribution < -0.4 is 15.6 Å². The molecule has 0 aliphatic carbocycles. The van der Waals surface area contributed by atoms with Crippen molar-refractivity contribution in [2.75, 3.05) is 28.7 Å². The number of nitrogens with zero attached hydrogens (tertiary/aromatic N) is 7. The largest absolute Gasteiger partial charge is 0.502 e. The number of halogens is 1. The van der Waals surface area contributed by atoms with Gasteiger partial charge in [-0.25, -0.2) is 5.43 Å². The number of piperidine rings is 1. The van der Waals surface area contributed by atoms with Gasteiger partial charge in [0.2, 0.25) is 23.6 Å². The molecule has 4 rings (SSSR count). The first-order valence-corrected chi connectivity index (χ1v) is 11.9. The zero-order chi connectivity index (χ0) is 27.4. The van der Waals surface area contributed by atoms with Gasteiger partial charge in [-0.1, -0.05) is 19.1 Å². The van der Waals surface area contributed by atoms with Gasteiger partial charge in [-0.3, -0.25) is 20.2 Å². The molecule has 206 valence electrons. The maximum atomic E-state index is 11.2. The lowest BCUT2D eigenvalue weighted by Gasteiger charge is -2.30. The molecule has 0 atom stereocenters. The third-order valence-corrected chi connectivity index (χ3v) is 6.42. The molecule has 3 N–H and O–H groups in total. The molecule has 0 unspecified atom stereocenters. The van der Waals surface area contributed by atoms with E-state index in [4.69, 9.17) is 0 Å². The Hall–Kier alpha value is -4.59. The van der Waals surface area contributed by atoms with E-state index in [9.17, 15) is 25.3 Å². The number of hydrazone groups is 1. The Bertz CT molecular complexity index is 1410. The minimum Gasteiger partial charge on any atom is -0.502 e. The lowest BCUT2D eigenvalue weighted by Crippen LogP contribution is -2.34. The van der Waals surface area contributed by atoms with E-state index in [0.717, 1.165) is 55.0 Å². The van der Waals surface area contributed by atoms with Gasteiger partial charge in [0.25, 0.3) is 5.69 Å². The summed E-state index contributed by atoms with van der Waals surface area (Å²) in [7, 11) is 0. The average Bonchev–Trinajstić information content (AvgIpc) is 2.88. The van der Waals surface area contributed by atoms with E-state index in [1.807, 2.05) is 32.0 Å². The third-order valence-electron chi connectivity index (χ3n) is 6.42. The summed E-state index contributed by atoms with van der Waals surface area (Å²) in [4.78, 5) is 36.2. The predicted molar refractivity (Wildman–Crippen MR) is 150 cm³/mol. The molecule has 2 aromatic carbocycles. The van der Waals surface area contributed by atoms with E-state index < -0.39 is 27.0 Å². The van der Waals surface area contributed by atoms with Gasteiger partial charge in [-0.2, -0.15) is 20.1 Å². The fourth-order valence-corrected chi connectivity index (χ4v) is 3.96. The minimum atomic E-state index is -0.907. The maximum Gasteiger partial charge on any atom is 0.318 e. The number of rotatable bonds is 8. The number of nitro groups is 2. The van der Waals surface area contributed by atoms with Crippen molar-refractivity contribution in [3.05, 3.63) is 67.3 Å². The summed E-state index contributed by atoms with van der Waals surface area (Å²) in [6.45, 7) is 7.75. The van der Waals surface area contributed by atoms with Gasteiger partial charge in [0.1, 0.15) is 0 Å². The van der Waals surface area contributed by atoms with Gasteiger partial charge in [0, 0.05) is 24.8 Å². The Morgan fingerprint density at radius 3 is 2.44 bits per heavy atom. The van der Waals surface area contributed by atoms with Crippen LogP contribution in [0.1, 0.15) is 36.5 Å². The number of phenols is 1. The predicted octanol–water partition coefficient (Wildman–Crippen LogP) is 4.86. The van der Waals surface area contributed by atoms with Crippen molar-refractivity contribution in [2.24, 2.45) is 11.0 Å². The Balaban J connectivity index is 0.00000420. The van der Waals surface area contributed by atoms with Crippen LogP contribution >= 0.6 is 12.4 Å².